The molecule has 0 bridgehead atoms. The lowest BCUT2D eigenvalue weighted by molar-refractivity contribution is 0.0780. The highest BCUT2D eigenvalue weighted by atomic mass is 19.1. The molecule has 6 nitrogen and oxygen atoms in total. The van der Waals surface area contributed by atoms with E-state index in [1.807, 2.05) is 0 Å². The molecule has 0 aliphatic rings. The Morgan fingerprint density at radius 1 is 1.39 bits per heavy atom. The van der Waals surface area contributed by atoms with Crippen LogP contribution < -0.4 is 0 Å². The van der Waals surface area contributed by atoms with Crippen molar-refractivity contribution in [2.75, 3.05) is 7.05 Å². The van der Waals surface area contributed by atoms with E-state index in [0.717, 1.165) is 0 Å². The Balaban J connectivity index is 2.09. The van der Waals surface area contributed by atoms with Crippen LogP contribution in [0.2, 0.25) is 0 Å². The number of benzene rings is 1. The van der Waals surface area contributed by atoms with Crippen LogP contribution in [-0.2, 0) is 13.6 Å². The van der Waals surface area contributed by atoms with E-state index in [4.69, 9.17) is 0 Å². The molecule has 1 amide bonds. The van der Waals surface area contributed by atoms with Crippen LogP contribution in [0, 0.1) is 5.82 Å². The Bertz CT molecular complexity index is 551. The van der Waals surface area contributed by atoms with Gasteiger partial charge < -0.3 is 4.90 Å². The van der Waals surface area contributed by atoms with Gasteiger partial charge in [-0.2, -0.15) is 0 Å². The Labute approximate surface area is 103 Å². The second-order valence-electron chi connectivity index (χ2n) is 3.89. The molecule has 1 aromatic heterocycles. The minimum atomic E-state index is -0.369. The van der Waals surface area contributed by atoms with Gasteiger partial charge in [0.15, 0.2) is 5.82 Å². The molecule has 2 rings (SSSR count). The van der Waals surface area contributed by atoms with Crippen molar-refractivity contribution >= 4 is 5.91 Å². The molecule has 0 saturated heterocycles. The molecule has 0 saturated carbocycles. The van der Waals surface area contributed by atoms with E-state index in [1.54, 1.807) is 14.1 Å². The molecule has 0 unspecified atom stereocenters. The van der Waals surface area contributed by atoms with E-state index < -0.39 is 0 Å². The summed E-state index contributed by atoms with van der Waals surface area (Å²) in [5.41, 5.74) is 0.425. The first kappa shape index (κ1) is 12.2. The topological polar surface area (TPSA) is 63.9 Å². The van der Waals surface area contributed by atoms with E-state index in [1.165, 1.54) is 33.8 Å². The smallest absolute Gasteiger partial charge is 0.254 e. The first-order valence-corrected chi connectivity index (χ1v) is 5.30. The van der Waals surface area contributed by atoms with Crippen molar-refractivity contribution in [3.05, 3.63) is 41.5 Å². The normalized spacial score (nSPS) is 10.4. The molecule has 7 heteroatoms. The molecule has 18 heavy (non-hydrogen) atoms. The molecule has 0 atom stereocenters. The zero-order valence-corrected chi connectivity index (χ0v) is 10.0. The highest BCUT2D eigenvalue weighted by molar-refractivity contribution is 5.93. The van der Waals surface area contributed by atoms with Crippen molar-refractivity contribution in [2.24, 2.45) is 7.05 Å². The Hall–Kier alpha value is -2.31. The third kappa shape index (κ3) is 2.50. The van der Waals surface area contributed by atoms with Crippen LogP contribution >= 0.6 is 0 Å². The SMILES string of the molecule is CN(Cc1nnnn1C)C(=O)c1ccc(F)cc1. The first-order valence-electron chi connectivity index (χ1n) is 5.30. The first-order chi connectivity index (χ1) is 8.58. The second kappa shape index (κ2) is 4.91. The Morgan fingerprint density at radius 2 is 2.06 bits per heavy atom. The van der Waals surface area contributed by atoms with Gasteiger partial charge in [0.1, 0.15) is 5.82 Å². The van der Waals surface area contributed by atoms with Crippen LogP contribution in [0.3, 0.4) is 0 Å². The highest BCUT2D eigenvalue weighted by Gasteiger charge is 2.14. The molecule has 0 radical (unpaired) electrons. The molecule has 0 aliphatic carbocycles. The third-order valence-corrected chi connectivity index (χ3v) is 2.52. The zero-order valence-electron chi connectivity index (χ0n) is 10.0. The van der Waals surface area contributed by atoms with Gasteiger partial charge in [0.05, 0.1) is 6.54 Å². The number of halogens is 1. The number of hydrogen-bond donors (Lipinski definition) is 0. The number of rotatable bonds is 3. The van der Waals surface area contributed by atoms with Crippen LogP contribution in [0.1, 0.15) is 16.2 Å². The molecule has 1 heterocycles. The van der Waals surface area contributed by atoms with Gasteiger partial charge in [-0.3, -0.25) is 4.79 Å². The van der Waals surface area contributed by atoms with E-state index >= 15 is 0 Å². The van der Waals surface area contributed by atoms with Gasteiger partial charge in [-0.15, -0.1) is 5.10 Å². The highest BCUT2D eigenvalue weighted by Crippen LogP contribution is 2.07. The number of tetrazole rings is 1. The summed E-state index contributed by atoms with van der Waals surface area (Å²) in [6.07, 6.45) is 0. The number of hydrogen-bond acceptors (Lipinski definition) is 4. The number of carbonyl (C=O) groups is 1. The summed E-state index contributed by atoms with van der Waals surface area (Å²) in [4.78, 5) is 13.5. The maximum atomic E-state index is 12.8. The second-order valence-corrected chi connectivity index (χ2v) is 3.89. The van der Waals surface area contributed by atoms with Crippen LogP contribution in [0.4, 0.5) is 4.39 Å². The molecule has 0 aliphatic heterocycles. The van der Waals surface area contributed by atoms with Crippen LogP contribution in [0.5, 0.6) is 0 Å². The number of nitrogens with zero attached hydrogens (tertiary/aromatic N) is 5. The Kier molecular flexibility index (Phi) is 3.31. The van der Waals surface area contributed by atoms with E-state index in [-0.39, 0.29) is 11.7 Å². The van der Waals surface area contributed by atoms with Gasteiger partial charge in [0.2, 0.25) is 0 Å². The zero-order chi connectivity index (χ0) is 13.1. The van der Waals surface area contributed by atoms with E-state index in [9.17, 15) is 9.18 Å². The molecular formula is C11H12FN5O. The van der Waals surface area contributed by atoms with Crippen LogP contribution in [-0.4, -0.2) is 38.1 Å². The summed E-state index contributed by atoms with van der Waals surface area (Å²) in [6, 6.07) is 5.40. The molecule has 1 aromatic carbocycles. The van der Waals surface area contributed by atoms with Gasteiger partial charge in [-0.1, -0.05) is 0 Å². The van der Waals surface area contributed by atoms with Crippen LogP contribution in [0.25, 0.3) is 0 Å². The summed E-state index contributed by atoms with van der Waals surface area (Å²) in [5, 5.41) is 11.0. The number of amides is 1. The fourth-order valence-corrected chi connectivity index (χ4v) is 1.48. The quantitative estimate of drug-likeness (QED) is 0.800. The predicted molar refractivity (Wildman–Crippen MR) is 61.0 cm³/mol. The van der Waals surface area contributed by atoms with Gasteiger partial charge in [-0.25, -0.2) is 9.07 Å². The van der Waals surface area contributed by atoms with Crippen molar-refractivity contribution in [2.45, 2.75) is 6.54 Å². The van der Waals surface area contributed by atoms with Crippen molar-refractivity contribution in [3.63, 3.8) is 0 Å². The lowest BCUT2D eigenvalue weighted by atomic mass is 10.2. The van der Waals surface area contributed by atoms with Gasteiger partial charge in [0.25, 0.3) is 5.91 Å². The summed E-state index contributed by atoms with van der Waals surface area (Å²) in [7, 11) is 3.34. The lowest BCUT2D eigenvalue weighted by Gasteiger charge is -2.15. The van der Waals surface area contributed by atoms with Gasteiger partial charge in [0, 0.05) is 19.7 Å². The monoisotopic (exact) mass is 249 g/mol. The van der Waals surface area contributed by atoms with E-state index in [2.05, 4.69) is 15.5 Å². The fraction of sp³-hybridized carbons (Fsp3) is 0.273. The Morgan fingerprint density at radius 3 is 2.61 bits per heavy atom. The average Bonchev–Trinajstić information content (AvgIpc) is 2.75. The maximum absolute atomic E-state index is 12.8. The number of aromatic nitrogens is 4. The summed E-state index contributed by atoms with van der Waals surface area (Å²) < 4.78 is 14.2. The lowest BCUT2D eigenvalue weighted by Crippen LogP contribution is -2.27. The molecule has 0 fully saturated rings. The van der Waals surface area contributed by atoms with Crippen molar-refractivity contribution in [3.8, 4) is 0 Å². The molecule has 2 aromatic rings. The molecule has 94 valence electrons. The third-order valence-electron chi connectivity index (χ3n) is 2.52. The summed E-state index contributed by atoms with van der Waals surface area (Å²) in [5.74, 6) is -0.00216. The minimum absolute atomic E-state index is 0.210. The maximum Gasteiger partial charge on any atom is 0.254 e. The predicted octanol–water partition coefficient (Wildman–Crippen LogP) is 0.621. The summed E-state index contributed by atoms with van der Waals surface area (Å²) >= 11 is 0. The minimum Gasteiger partial charge on any atom is -0.334 e. The van der Waals surface area contributed by atoms with Crippen molar-refractivity contribution in [1.29, 1.82) is 0 Å². The van der Waals surface area contributed by atoms with E-state index in [0.29, 0.717) is 17.9 Å². The van der Waals surface area contributed by atoms with Gasteiger partial charge in [-0.05, 0) is 34.7 Å². The molecular weight excluding hydrogens is 237 g/mol. The number of aryl methyl sites for hydroxylation is 1. The number of carbonyl (C=O) groups excluding carboxylic acids is 1. The van der Waals surface area contributed by atoms with Crippen LogP contribution in [0.15, 0.2) is 24.3 Å². The van der Waals surface area contributed by atoms with Crippen molar-refractivity contribution in [1.82, 2.24) is 25.1 Å². The average molecular weight is 249 g/mol. The molecule has 0 N–H and O–H groups in total. The largest absolute Gasteiger partial charge is 0.334 e. The molecule has 0 spiro atoms. The summed E-state index contributed by atoms with van der Waals surface area (Å²) in [6.45, 7) is 0.291. The standard InChI is InChI=1S/C11H12FN5O/c1-16(7-10-13-14-15-17(10)2)11(18)8-3-5-9(12)6-4-8/h3-6H,7H2,1-2H3. The van der Waals surface area contributed by atoms with Gasteiger partial charge >= 0.3 is 0 Å². The van der Waals surface area contributed by atoms with Crippen molar-refractivity contribution < 1.29 is 9.18 Å². The fourth-order valence-electron chi connectivity index (χ4n) is 1.48.